The number of hydrogen-bond acceptors (Lipinski definition) is 4. The quantitative estimate of drug-likeness (QED) is 0.903. The molecule has 1 aliphatic heterocycles. The van der Waals surface area contributed by atoms with Gasteiger partial charge in [0.2, 0.25) is 5.91 Å². The number of alkyl halides is 2. The largest absolute Gasteiger partial charge is 0.343 e. The molecule has 126 valence electrons. The van der Waals surface area contributed by atoms with E-state index in [0.717, 1.165) is 23.3 Å². The molecule has 0 radical (unpaired) electrons. The zero-order chi connectivity index (χ0) is 17.3. The molecule has 1 aliphatic carbocycles. The van der Waals surface area contributed by atoms with Crippen LogP contribution in [0, 0.1) is 11.3 Å². The third-order valence-corrected chi connectivity index (χ3v) is 4.25. The molecule has 0 spiro atoms. The summed E-state index contributed by atoms with van der Waals surface area (Å²) in [6, 6.07) is 2.13. The number of aromatic nitrogens is 1. The van der Waals surface area contributed by atoms with Crippen LogP contribution in [0.4, 0.5) is 8.78 Å². The van der Waals surface area contributed by atoms with E-state index >= 15 is 0 Å². The predicted octanol–water partition coefficient (Wildman–Crippen LogP) is 1.45. The van der Waals surface area contributed by atoms with Crippen molar-refractivity contribution in [2.45, 2.75) is 37.1 Å². The maximum absolute atomic E-state index is 13.4. The van der Waals surface area contributed by atoms with Crippen LogP contribution in [0.1, 0.15) is 41.1 Å². The van der Waals surface area contributed by atoms with E-state index < -0.39 is 43.3 Å². The lowest BCUT2D eigenvalue weighted by Gasteiger charge is -2.19. The summed E-state index contributed by atoms with van der Waals surface area (Å²) in [5.74, 6) is -3.87. The average molecular weight is 334 g/mol. The number of nitrogens with zero attached hydrogens (tertiary/aromatic N) is 3. The van der Waals surface area contributed by atoms with Crippen LogP contribution in [-0.4, -0.2) is 46.8 Å². The number of carbonyl (C=O) groups is 2. The third-order valence-electron chi connectivity index (χ3n) is 4.25. The fourth-order valence-electron chi connectivity index (χ4n) is 2.88. The highest BCUT2D eigenvalue weighted by Gasteiger charge is 2.47. The molecule has 2 heterocycles. The minimum atomic E-state index is -3.07. The first-order valence-corrected chi connectivity index (χ1v) is 7.70. The van der Waals surface area contributed by atoms with Crippen molar-refractivity contribution in [3.63, 3.8) is 0 Å². The molecule has 0 aromatic carbocycles. The molecule has 3 rings (SSSR count). The monoisotopic (exact) mass is 334 g/mol. The van der Waals surface area contributed by atoms with Gasteiger partial charge in [0.05, 0.1) is 19.2 Å². The maximum atomic E-state index is 13.4. The highest BCUT2D eigenvalue weighted by Crippen LogP contribution is 2.41. The van der Waals surface area contributed by atoms with Crippen LogP contribution in [0.25, 0.3) is 0 Å². The Labute approximate surface area is 137 Å². The molecule has 1 saturated heterocycles. The summed E-state index contributed by atoms with van der Waals surface area (Å²) >= 11 is 0. The molecule has 2 amide bonds. The molecular formula is C16H16F2N4O2. The summed E-state index contributed by atoms with van der Waals surface area (Å²) in [6.45, 7) is -1.21. The lowest BCUT2D eigenvalue weighted by molar-refractivity contribution is -0.131. The number of likely N-dealkylation sites (tertiary alicyclic amines) is 1. The molecule has 6 nitrogen and oxygen atoms in total. The van der Waals surface area contributed by atoms with Crippen molar-refractivity contribution < 1.29 is 18.4 Å². The van der Waals surface area contributed by atoms with Crippen LogP contribution in [0.15, 0.2) is 18.5 Å². The Morgan fingerprint density at radius 1 is 1.46 bits per heavy atom. The molecule has 0 bridgehead atoms. The topological polar surface area (TPSA) is 86.1 Å². The highest BCUT2D eigenvalue weighted by atomic mass is 19.3. The summed E-state index contributed by atoms with van der Waals surface area (Å²) in [6.07, 6.45) is 4.46. The SMILES string of the molecule is N#C[C@H]1CC(F)(F)CN1C(=O)CNC(=O)c1ccncc1C1CC1. The first-order chi connectivity index (χ1) is 11.4. The van der Waals surface area contributed by atoms with Gasteiger partial charge < -0.3 is 10.2 Å². The van der Waals surface area contributed by atoms with E-state index in [2.05, 4.69) is 10.3 Å². The Bertz CT molecular complexity index is 712. The van der Waals surface area contributed by atoms with E-state index in [1.54, 1.807) is 18.3 Å². The predicted molar refractivity (Wildman–Crippen MR) is 79.2 cm³/mol. The van der Waals surface area contributed by atoms with Gasteiger partial charge >= 0.3 is 0 Å². The number of nitrogens with one attached hydrogen (secondary N) is 1. The van der Waals surface area contributed by atoms with Crippen molar-refractivity contribution in [3.05, 3.63) is 29.6 Å². The van der Waals surface area contributed by atoms with Gasteiger partial charge in [-0.3, -0.25) is 14.6 Å². The Kier molecular flexibility index (Phi) is 4.18. The van der Waals surface area contributed by atoms with Crippen molar-refractivity contribution in [2.75, 3.05) is 13.1 Å². The van der Waals surface area contributed by atoms with E-state index in [-0.39, 0.29) is 0 Å². The summed E-state index contributed by atoms with van der Waals surface area (Å²) in [7, 11) is 0. The molecule has 2 aliphatic rings. The van der Waals surface area contributed by atoms with Gasteiger partial charge in [0, 0.05) is 24.4 Å². The molecule has 1 atom stereocenters. The van der Waals surface area contributed by atoms with Crippen molar-refractivity contribution in [3.8, 4) is 6.07 Å². The molecule has 1 N–H and O–H groups in total. The van der Waals surface area contributed by atoms with Crippen LogP contribution >= 0.6 is 0 Å². The number of hydrogen-bond donors (Lipinski definition) is 1. The summed E-state index contributed by atoms with van der Waals surface area (Å²) in [4.78, 5) is 29.2. The summed E-state index contributed by atoms with van der Waals surface area (Å²) in [5, 5.41) is 11.4. The van der Waals surface area contributed by atoms with Gasteiger partial charge in [-0.05, 0) is 30.4 Å². The van der Waals surface area contributed by atoms with Crippen LogP contribution in [0.2, 0.25) is 0 Å². The molecule has 2 fully saturated rings. The van der Waals surface area contributed by atoms with Gasteiger partial charge in [0.15, 0.2) is 0 Å². The smallest absolute Gasteiger partial charge is 0.268 e. The Morgan fingerprint density at radius 2 is 2.21 bits per heavy atom. The van der Waals surface area contributed by atoms with Gasteiger partial charge in [-0.25, -0.2) is 8.78 Å². The molecule has 1 aromatic rings. The zero-order valence-electron chi connectivity index (χ0n) is 12.8. The van der Waals surface area contributed by atoms with Crippen LogP contribution in [-0.2, 0) is 4.79 Å². The lowest BCUT2D eigenvalue weighted by atomic mass is 10.1. The third kappa shape index (κ3) is 3.35. The second kappa shape index (κ2) is 6.15. The van der Waals surface area contributed by atoms with Crippen LogP contribution in [0.5, 0.6) is 0 Å². The first kappa shape index (κ1) is 16.3. The number of nitriles is 1. The van der Waals surface area contributed by atoms with E-state index in [0.29, 0.717) is 11.5 Å². The van der Waals surface area contributed by atoms with E-state index in [4.69, 9.17) is 5.26 Å². The Hall–Kier alpha value is -2.56. The molecule has 1 aromatic heterocycles. The van der Waals surface area contributed by atoms with Gasteiger partial charge in [-0.1, -0.05) is 0 Å². The highest BCUT2D eigenvalue weighted by molar-refractivity contribution is 5.98. The van der Waals surface area contributed by atoms with E-state index in [9.17, 15) is 18.4 Å². The normalized spacial score (nSPS) is 22.0. The molecular weight excluding hydrogens is 318 g/mol. The number of pyridine rings is 1. The molecule has 8 heteroatoms. The Morgan fingerprint density at radius 3 is 2.88 bits per heavy atom. The molecule has 24 heavy (non-hydrogen) atoms. The fourth-order valence-corrected chi connectivity index (χ4v) is 2.88. The van der Waals surface area contributed by atoms with Gasteiger partial charge in [0.25, 0.3) is 11.8 Å². The van der Waals surface area contributed by atoms with Gasteiger partial charge in [-0.15, -0.1) is 0 Å². The maximum Gasteiger partial charge on any atom is 0.268 e. The van der Waals surface area contributed by atoms with Crippen molar-refractivity contribution >= 4 is 11.8 Å². The van der Waals surface area contributed by atoms with Crippen molar-refractivity contribution in [2.24, 2.45) is 0 Å². The Balaban J connectivity index is 1.63. The van der Waals surface area contributed by atoms with Crippen LogP contribution < -0.4 is 5.32 Å². The summed E-state index contributed by atoms with van der Waals surface area (Å²) in [5.41, 5.74) is 1.29. The van der Waals surface area contributed by atoms with Gasteiger partial charge in [0.1, 0.15) is 6.04 Å². The fraction of sp³-hybridized carbons (Fsp3) is 0.500. The lowest BCUT2D eigenvalue weighted by Crippen LogP contribution is -2.43. The first-order valence-electron chi connectivity index (χ1n) is 7.70. The zero-order valence-corrected chi connectivity index (χ0v) is 12.8. The average Bonchev–Trinajstić information content (AvgIpc) is 3.35. The minimum absolute atomic E-state index is 0.315. The number of halogens is 2. The van der Waals surface area contributed by atoms with Crippen molar-refractivity contribution in [1.29, 1.82) is 5.26 Å². The second-order valence-electron chi connectivity index (χ2n) is 6.15. The summed E-state index contributed by atoms with van der Waals surface area (Å²) < 4.78 is 26.7. The number of rotatable bonds is 4. The van der Waals surface area contributed by atoms with E-state index in [1.165, 1.54) is 6.20 Å². The van der Waals surface area contributed by atoms with Crippen molar-refractivity contribution in [1.82, 2.24) is 15.2 Å². The number of carbonyl (C=O) groups excluding carboxylic acids is 2. The van der Waals surface area contributed by atoms with E-state index in [1.807, 2.05) is 0 Å². The molecule has 0 unspecified atom stereocenters. The molecule has 1 saturated carbocycles. The number of amides is 2. The van der Waals surface area contributed by atoms with Crippen LogP contribution in [0.3, 0.4) is 0 Å². The standard InChI is InChI=1S/C16H16F2N4O2/c17-16(18)5-11(6-19)22(9-16)14(23)8-21-15(24)12-3-4-20-7-13(12)10-1-2-10/h3-4,7,10-11H,1-2,5,8-9H2,(H,21,24)/t11-/m1/s1. The second-order valence-corrected chi connectivity index (χ2v) is 6.15. The minimum Gasteiger partial charge on any atom is -0.343 e. The van der Waals surface area contributed by atoms with Gasteiger partial charge in [-0.2, -0.15) is 5.26 Å².